The molecular formula is C15H20O4. The highest BCUT2D eigenvalue weighted by atomic mass is 16.8. The molecule has 1 aliphatic rings. The zero-order chi connectivity index (χ0) is 13.9. The van der Waals surface area contributed by atoms with Crippen molar-refractivity contribution in [2.45, 2.75) is 44.7 Å². The van der Waals surface area contributed by atoms with Crippen molar-refractivity contribution in [1.82, 2.24) is 0 Å². The monoisotopic (exact) mass is 264 g/mol. The van der Waals surface area contributed by atoms with Crippen LogP contribution in [0.15, 0.2) is 30.3 Å². The van der Waals surface area contributed by atoms with Gasteiger partial charge in [-0.25, -0.2) is 4.79 Å². The van der Waals surface area contributed by atoms with E-state index >= 15 is 0 Å². The van der Waals surface area contributed by atoms with Crippen LogP contribution in [0, 0.1) is 0 Å². The number of carbonyl (C=O) groups excluding carboxylic acids is 1. The SMILES string of the molecule is CCC1(CC)O[C@H](C(=O)OC)[C@H](c2ccccc2)O1. The van der Waals surface area contributed by atoms with Crippen LogP contribution in [0.5, 0.6) is 0 Å². The Morgan fingerprint density at radius 3 is 2.37 bits per heavy atom. The maximum Gasteiger partial charge on any atom is 0.338 e. The number of ether oxygens (including phenoxy) is 3. The van der Waals surface area contributed by atoms with E-state index in [9.17, 15) is 4.79 Å². The lowest BCUT2D eigenvalue weighted by Gasteiger charge is -2.24. The summed E-state index contributed by atoms with van der Waals surface area (Å²) in [5.74, 6) is -1.09. The summed E-state index contributed by atoms with van der Waals surface area (Å²) < 4.78 is 16.7. The van der Waals surface area contributed by atoms with Crippen molar-refractivity contribution in [2.24, 2.45) is 0 Å². The second kappa shape index (κ2) is 5.72. The normalized spacial score (nSPS) is 25.2. The van der Waals surface area contributed by atoms with Crippen LogP contribution >= 0.6 is 0 Å². The van der Waals surface area contributed by atoms with Crippen molar-refractivity contribution >= 4 is 5.97 Å². The minimum Gasteiger partial charge on any atom is -0.467 e. The molecule has 104 valence electrons. The second-order valence-corrected chi connectivity index (χ2v) is 4.63. The van der Waals surface area contributed by atoms with Gasteiger partial charge in [0.15, 0.2) is 11.9 Å². The standard InChI is InChI=1S/C15H20O4/c1-4-15(5-2)18-12(11-9-7-6-8-10-11)13(19-15)14(16)17-3/h6-10,12-13H,4-5H2,1-3H3/t12-,13-/m0/s1. The van der Waals surface area contributed by atoms with Crippen LogP contribution < -0.4 is 0 Å². The zero-order valence-corrected chi connectivity index (χ0v) is 11.6. The Morgan fingerprint density at radius 2 is 1.84 bits per heavy atom. The molecule has 1 saturated heterocycles. The molecule has 0 N–H and O–H groups in total. The molecule has 19 heavy (non-hydrogen) atoms. The van der Waals surface area contributed by atoms with Gasteiger partial charge in [0.1, 0.15) is 6.10 Å². The number of methoxy groups -OCH3 is 1. The molecular weight excluding hydrogens is 244 g/mol. The maximum absolute atomic E-state index is 11.9. The van der Waals surface area contributed by atoms with E-state index in [1.165, 1.54) is 7.11 Å². The molecule has 4 heteroatoms. The number of rotatable bonds is 4. The summed E-state index contributed by atoms with van der Waals surface area (Å²) in [6.45, 7) is 3.98. The van der Waals surface area contributed by atoms with Gasteiger partial charge in [-0.1, -0.05) is 44.2 Å². The summed E-state index contributed by atoms with van der Waals surface area (Å²) in [6.07, 6.45) is 0.279. The molecule has 1 heterocycles. The molecule has 0 amide bonds. The van der Waals surface area contributed by atoms with Crippen molar-refractivity contribution in [1.29, 1.82) is 0 Å². The summed E-state index contributed by atoms with van der Waals surface area (Å²) >= 11 is 0. The number of hydrogen-bond donors (Lipinski definition) is 0. The highest BCUT2D eigenvalue weighted by Crippen LogP contribution is 2.42. The number of benzene rings is 1. The Labute approximate surface area is 113 Å². The quantitative estimate of drug-likeness (QED) is 0.784. The molecule has 2 rings (SSSR count). The van der Waals surface area contributed by atoms with Gasteiger partial charge in [-0.3, -0.25) is 0 Å². The van der Waals surface area contributed by atoms with Gasteiger partial charge < -0.3 is 14.2 Å². The van der Waals surface area contributed by atoms with Crippen molar-refractivity contribution in [3.63, 3.8) is 0 Å². The average Bonchev–Trinajstić information content (AvgIpc) is 2.88. The van der Waals surface area contributed by atoms with Gasteiger partial charge in [0.2, 0.25) is 0 Å². The Morgan fingerprint density at radius 1 is 1.21 bits per heavy atom. The summed E-state index contributed by atoms with van der Waals surface area (Å²) in [4.78, 5) is 11.9. The molecule has 4 nitrogen and oxygen atoms in total. The minimum atomic E-state index is -0.702. The van der Waals surface area contributed by atoms with Crippen molar-refractivity contribution < 1.29 is 19.0 Å². The van der Waals surface area contributed by atoms with E-state index in [0.717, 1.165) is 5.56 Å². The van der Waals surface area contributed by atoms with E-state index in [4.69, 9.17) is 14.2 Å². The predicted molar refractivity (Wildman–Crippen MR) is 70.5 cm³/mol. The highest BCUT2D eigenvalue weighted by molar-refractivity contribution is 5.76. The van der Waals surface area contributed by atoms with Gasteiger partial charge in [-0.2, -0.15) is 0 Å². The smallest absolute Gasteiger partial charge is 0.338 e. The van der Waals surface area contributed by atoms with E-state index in [1.807, 2.05) is 44.2 Å². The first kappa shape index (κ1) is 14.0. The molecule has 0 unspecified atom stereocenters. The van der Waals surface area contributed by atoms with Gasteiger partial charge in [0, 0.05) is 0 Å². The van der Waals surface area contributed by atoms with Crippen LogP contribution in [0.1, 0.15) is 38.4 Å². The third-order valence-electron chi connectivity index (χ3n) is 3.60. The molecule has 1 aromatic carbocycles. The van der Waals surface area contributed by atoms with Gasteiger partial charge in [0.05, 0.1) is 7.11 Å². The Kier molecular flexibility index (Phi) is 4.22. The third-order valence-corrected chi connectivity index (χ3v) is 3.60. The summed E-state index contributed by atoms with van der Waals surface area (Å²) in [7, 11) is 1.37. The van der Waals surface area contributed by atoms with Gasteiger partial charge >= 0.3 is 5.97 Å². The molecule has 0 saturated carbocycles. The van der Waals surface area contributed by atoms with Crippen LogP contribution in [-0.2, 0) is 19.0 Å². The number of hydrogen-bond acceptors (Lipinski definition) is 4. The van der Waals surface area contributed by atoms with Crippen LogP contribution in [0.25, 0.3) is 0 Å². The molecule has 0 radical (unpaired) electrons. The van der Waals surface area contributed by atoms with Crippen molar-refractivity contribution in [3.8, 4) is 0 Å². The first-order chi connectivity index (χ1) is 9.15. The predicted octanol–water partition coefficient (Wildman–Crippen LogP) is 2.83. The minimum absolute atomic E-state index is 0.391. The Bertz CT molecular complexity index is 425. The molecule has 0 bridgehead atoms. The lowest BCUT2D eigenvalue weighted by Crippen LogP contribution is -2.31. The lowest BCUT2D eigenvalue weighted by molar-refractivity contribution is -0.187. The maximum atomic E-state index is 11.9. The van der Waals surface area contributed by atoms with Crippen molar-refractivity contribution in [3.05, 3.63) is 35.9 Å². The van der Waals surface area contributed by atoms with E-state index in [-0.39, 0.29) is 0 Å². The first-order valence-electron chi connectivity index (χ1n) is 6.64. The summed E-state index contributed by atoms with van der Waals surface area (Å²) in [5.41, 5.74) is 0.932. The fourth-order valence-electron chi connectivity index (χ4n) is 2.37. The van der Waals surface area contributed by atoms with Gasteiger partial charge in [0.25, 0.3) is 0 Å². The topological polar surface area (TPSA) is 44.8 Å². The van der Waals surface area contributed by atoms with E-state index in [2.05, 4.69) is 0 Å². The summed E-state index contributed by atoms with van der Waals surface area (Å²) in [6, 6.07) is 9.64. The molecule has 1 fully saturated rings. The molecule has 0 aromatic heterocycles. The first-order valence-corrected chi connectivity index (χ1v) is 6.64. The number of carbonyl (C=O) groups is 1. The number of esters is 1. The molecule has 0 spiro atoms. The largest absolute Gasteiger partial charge is 0.467 e. The van der Waals surface area contributed by atoms with Crippen LogP contribution in [0.2, 0.25) is 0 Å². The third kappa shape index (κ3) is 2.65. The van der Waals surface area contributed by atoms with Crippen molar-refractivity contribution in [2.75, 3.05) is 7.11 Å². The second-order valence-electron chi connectivity index (χ2n) is 4.63. The lowest BCUT2D eigenvalue weighted by atomic mass is 10.0. The highest BCUT2D eigenvalue weighted by Gasteiger charge is 2.49. The average molecular weight is 264 g/mol. The molecule has 2 atom stereocenters. The Hall–Kier alpha value is -1.39. The molecule has 1 aliphatic heterocycles. The van der Waals surface area contributed by atoms with E-state index in [1.54, 1.807) is 0 Å². The molecule has 0 aliphatic carbocycles. The van der Waals surface area contributed by atoms with Crippen LogP contribution in [0.4, 0.5) is 0 Å². The van der Waals surface area contributed by atoms with Crippen LogP contribution in [0.3, 0.4) is 0 Å². The molecule has 1 aromatic rings. The van der Waals surface area contributed by atoms with Gasteiger partial charge in [-0.05, 0) is 18.4 Å². The van der Waals surface area contributed by atoms with E-state index < -0.39 is 24.0 Å². The zero-order valence-electron chi connectivity index (χ0n) is 11.6. The fourth-order valence-corrected chi connectivity index (χ4v) is 2.37. The van der Waals surface area contributed by atoms with E-state index in [0.29, 0.717) is 12.8 Å². The Balaban J connectivity index is 2.31. The van der Waals surface area contributed by atoms with Gasteiger partial charge in [-0.15, -0.1) is 0 Å². The van der Waals surface area contributed by atoms with Crippen LogP contribution in [-0.4, -0.2) is 25.0 Å². The summed E-state index contributed by atoms with van der Waals surface area (Å²) in [5, 5.41) is 0. The fraction of sp³-hybridized carbons (Fsp3) is 0.533.